The molecule has 18 heavy (non-hydrogen) atoms. The summed E-state index contributed by atoms with van der Waals surface area (Å²) in [6, 6.07) is 8.84. The highest BCUT2D eigenvalue weighted by Gasteiger charge is 2.05. The second-order valence-corrected chi connectivity index (χ2v) is 5.46. The van der Waals surface area contributed by atoms with Crippen LogP contribution in [0.1, 0.15) is 5.56 Å². The molecule has 0 bridgehead atoms. The van der Waals surface area contributed by atoms with Crippen molar-refractivity contribution in [1.29, 1.82) is 0 Å². The van der Waals surface area contributed by atoms with Crippen LogP contribution in [-0.2, 0) is 5.75 Å². The van der Waals surface area contributed by atoms with Crippen LogP contribution in [0.5, 0.6) is 0 Å². The third-order valence-corrected chi connectivity index (χ3v) is 4.00. The fraction of sp³-hybridized carbons (Fsp3) is 0.0769. The van der Waals surface area contributed by atoms with Crippen molar-refractivity contribution in [3.63, 3.8) is 0 Å². The van der Waals surface area contributed by atoms with Crippen LogP contribution in [0.25, 0.3) is 0 Å². The first-order chi connectivity index (χ1) is 8.56. The Morgan fingerprint density at radius 3 is 2.39 bits per heavy atom. The monoisotopic (exact) mass is 304 g/mol. The summed E-state index contributed by atoms with van der Waals surface area (Å²) >= 11 is 12.9. The lowest BCUT2D eigenvalue weighted by molar-refractivity contribution is 0.624. The maximum absolute atomic E-state index is 13.2. The number of rotatable bonds is 3. The van der Waals surface area contributed by atoms with Gasteiger partial charge in [0.15, 0.2) is 0 Å². The molecule has 0 fully saturated rings. The van der Waals surface area contributed by atoms with Crippen molar-refractivity contribution >= 4 is 35.0 Å². The Hall–Kier alpha value is -0.770. The number of benzene rings is 2. The van der Waals surface area contributed by atoms with E-state index in [0.29, 0.717) is 10.8 Å². The van der Waals surface area contributed by atoms with Gasteiger partial charge < -0.3 is 0 Å². The molecule has 5 heteroatoms. The highest BCUT2D eigenvalue weighted by Crippen LogP contribution is 2.29. The minimum absolute atomic E-state index is 0.0964. The Morgan fingerprint density at radius 2 is 1.72 bits per heavy atom. The molecule has 0 spiro atoms. The first kappa shape index (κ1) is 13.7. The Kier molecular flexibility index (Phi) is 4.49. The Bertz CT molecular complexity index is 573. The molecule has 0 amide bonds. The van der Waals surface area contributed by atoms with E-state index in [9.17, 15) is 8.78 Å². The molecule has 0 aromatic heterocycles. The first-order valence-electron chi connectivity index (χ1n) is 5.08. The van der Waals surface area contributed by atoms with E-state index < -0.39 is 5.82 Å². The van der Waals surface area contributed by atoms with Crippen LogP contribution in [0.4, 0.5) is 8.78 Å². The Labute approximate surface area is 118 Å². The van der Waals surface area contributed by atoms with Gasteiger partial charge in [0.1, 0.15) is 11.6 Å². The Balaban J connectivity index is 2.09. The van der Waals surface area contributed by atoms with Crippen molar-refractivity contribution in [2.24, 2.45) is 0 Å². The molecule has 0 aliphatic heterocycles. The summed E-state index contributed by atoms with van der Waals surface area (Å²) in [7, 11) is 0. The van der Waals surface area contributed by atoms with Crippen molar-refractivity contribution in [1.82, 2.24) is 0 Å². The van der Waals surface area contributed by atoms with Gasteiger partial charge in [-0.2, -0.15) is 0 Å². The molecule has 0 unspecified atom stereocenters. The molecular formula is C13H8Cl2F2S. The average Bonchev–Trinajstić information content (AvgIpc) is 2.32. The third-order valence-electron chi connectivity index (χ3n) is 2.30. The topological polar surface area (TPSA) is 0 Å². The van der Waals surface area contributed by atoms with Gasteiger partial charge in [-0.15, -0.1) is 11.8 Å². The van der Waals surface area contributed by atoms with Crippen LogP contribution < -0.4 is 0 Å². The zero-order valence-corrected chi connectivity index (χ0v) is 11.4. The smallest absolute Gasteiger partial charge is 0.142 e. The van der Waals surface area contributed by atoms with Crippen molar-refractivity contribution in [3.05, 3.63) is 63.6 Å². The van der Waals surface area contributed by atoms with E-state index in [0.717, 1.165) is 10.5 Å². The molecule has 0 saturated carbocycles. The van der Waals surface area contributed by atoms with E-state index in [1.165, 1.54) is 36.0 Å². The maximum Gasteiger partial charge on any atom is 0.142 e. The summed E-state index contributed by atoms with van der Waals surface area (Å²) in [4.78, 5) is 0.747. The quantitative estimate of drug-likeness (QED) is 0.669. The minimum atomic E-state index is -0.452. The molecule has 2 aromatic rings. The largest absolute Gasteiger partial charge is 0.207 e. The van der Waals surface area contributed by atoms with Crippen LogP contribution in [0.15, 0.2) is 41.3 Å². The highest BCUT2D eigenvalue weighted by molar-refractivity contribution is 7.98. The van der Waals surface area contributed by atoms with Gasteiger partial charge in [0.05, 0.1) is 5.02 Å². The molecule has 2 rings (SSSR count). The SMILES string of the molecule is Fc1ccc(CSc2ccc(Cl)c(F)c2)c(Cl)c1. The summed E-state index contributed by atoms with van der Waals surface area (Å²) in [5.74, 6) is -0.279. The summed E-state index contributed by atoms with van der Waals surface area (Å²) in [5, 5.41) is 0.469. The van der Waals surface area contributed by atoms with E-state index in [1.54, 1.807) is 12.1 Å². The Morgan fingerprint density at radius 1 is 0.944 bits per heavy atom. The van der Waals surface area contributed by atoms with Crippen LogP contribution in [0, 0.1) is 11.6 Å². The van der Waals surface area contributed by atoms with Gasteiger partial charge in [-0.05, 0) is 35.9 Å². The van der Waals surface area contributed by atoms with E-state index >= 15 is 0 Å². The fourth-order valence-corrected chi connectivity index (χ4v) is 2.72. The molecule has 0 radical (unpaired) electrons. The van der Waals surface area contributed by atoms with Gasteiger partial charge in [0.2, 0.25) is 0 Å². The van der Waals surface area contributed by atoms with Crippen molar-refractivity contribution in [3.8, 4) is 0 Å². The third kappa shape index (κ3) is 3.37. The van der Waals surface area contributed by atoms with E-state index in [1.807, 2.05) is 0 Å². The number of thioether (sulfide) groups is 1. The van der Waals surface area contributed by atoms with Crippen LogP contribution >= 0.6 is 35.0 Å². The lowest BCUT2D eigenvalue weighted by Crippen LogP contribution is -1.85. The van der Waals surface area contributed by atoms with Gasteiger partial charge in [0.25, 0.3) is 0 Å². The standard InChI is InChI=1S/C13H8Cl2F2S/c14-11-4-3-10(6-13(11)17)18-7-8-1-2-9(16)5-12(8)15/h1-6H,7H2. The van der Waals surface area contributed by atoms with Gasteiger partial charge in [0, 0.05) is 15.7 Å². The predicted octanol–water partition coefficient (Wildman–Crippen LogP) is 5.56. The highest BCUT2D eigenvalue weighted by atomic mass is 35.5. The lowest BCUT2D eigenvalue weighted by atomic mass is 10.2. The molecule has 0 aliphatic carbocycles. The molecular weight excluding hydrogens is 297 g/mol. The zero-order chi connectivity index (χ0) is 13.1. The number of halogens is 4. The van der Waals surface area contributed by atoms with Crippen LogP contribution in [-0.4, -0.2) is 0 Å². The van der Waals surface area contributed by atoms with Gasteiger partial charge in [-0.25, -0.2) is 8.78 Å². The van der Waals surface area contributed by atoms with Gasteiger partial charge in [-0.3, -0.25) is 0 Å². The second kappa shape index (κ2) is 5.91. The van der Waals surface area contributed by atoms with Gasteiger partial charge >= 0.3 is 0 Å². The van der Waals surface area contributed by atoms with Crippen LogP contribution in [0.2, 0.25) is 10.0 Å². The number of hydrogen-bond donors (Lipinski definition) is 0. The van der Waals surface area contributed by atoms with E-state index in [2.05, 4.69) is 0 Å². The number of hydrogen-bond acceptors (Lipinski definition) is 1. The van der Waals surface area contributed by atoms with Crippen molar-refractivity contribution < 1.29 is 8.78 Å². The van der Waals surface area contributed by atoms with Crippen LogP contribution in [0.3, 0.4) is 0 Å². The summed E-state index contributed by atoms with van der Waals surface area (Å²) in [5.41, 5.74) is 0.804. The molecule has 0 nitrogen and oxygen atoms in total. The average molecular weight is 305 g/mol. The molecule has 0 heterocycles. The fourth-order valence-electron chi connectivity index (χ4n) is 1.37. The molecule has 2 aromatic carbocycles. The molecule has 94 valence electrons. The normalized spacial score (nSPS) is 10.7. The van der Waals surface area contributed by atoms with E-state index in [4.69, 9.17) is 23.2 Å². The van der Waals surface area contributed by atoms with Gasteiger partial charge in [-0.1, -0.05) is 29.3 Å². The molecule has 0 atom stereocenters. The summed E-state index contributed by atoms with van der Waals surface area (Å²) in [6.07, 6.45) is 0. The first-order valence-corrected chi connectivity index (χ1v) is 6.82. The minimum Gasteiger partial charge on any atom is -0.207 e. The molecule has 0 saturated heterocycles. The predicted molar refractivity (Wildman–Crippen MR) is 72.4 cm³/mol. The molecule has 0 N–H and O–H groups in total. The van der Waals surface area contributed by atoms with E-state index in [-0.39, 0.29) is 10.8 Å². The second-order valence-electron chi connectivity index (χ2n) is 3.60. The van der Waals surface area contributed by atoms with Crippen molar-refractivity contribution in [2.45, 2.75) is 10.6 Å². The molecule has 0 aliphatic rings. The zero-order valence-electron chi connectivity index (χ0n) is 9.09. The lowest BCUT2D eigenvalue weighted by Gasteiger charge is -2.05. The summed E-state index contributed by atoms with van der Waals surface area (Å²) in [6.45, 7) is 0. The summed E-state index contributed by atoms with van der Waals surface area (Å²) < 4.78 is 26.1. The van der Waals surface area contributed by atoms with Crippen molar-refractivity contribution in [2.75, 3.05) is 0 Å². The maximum atomic E-state index is 13.2.